The van der Waals surface area contributed by atoms with Gasteiger partial charge in [-0.15, -0.1) is 0 Å². The molecule has 0 aliphatic carbocycles. The highest BCUT2D eigenvalue weighted by atomic mass is 35.5. The molecule has 0 spiro atoms. The first-order valence-corrected chi connectivity index (χ1v) is 6.07. The molecule has 0 bridgehead atoms. The summed E-state index contributed by atoms with van der Waals surface area (Å²) in [7, 11) is 0. The predicted molar refractivity (Wildman–Crippen MR) is 66.7 cm³/mol. The van der Waals surface area contributed by atoms with Gasteiger partial charge >= 0.3 is 0 Å². The van der Waals surface area contributed by atoms with Crippen LogP contribution in [0.3, 0.4) is 0 Å². The summed E-state index contributed by atoms with van der Waals surface area (Å²) in [5.74, 6) is 1.85. The van der Waals surface area contributed by atoms with Crippen molar-refractivity contribution in [2.24, 2.45) is 5.92 Å². The largest absolute Gasteiger partial charge is 0.368 e. The lowest BCUT2D eigenvalue weighted by Gasteiger charge is -2.22. The number of hydrogen-bond donors (Lipinski definition) is 1. The molecule has 0 amide bonds. The Labute approximate surface area is 101 Å². The van der Waals surface area contributed by atoms with Gasteiger partial charge in [-0.25, -0.2) is 4.98 Å². The SMILES string of the molecule is CC1CCCN(c2nc(N)ncc2Cl)CC1. The van der Waals surface area contributed by atoms with E-state index in [2.05, 4.69) is 21.8 Å². The van der Waals surface area contributed by atoms with Crippen molar-refractivity contribution in [1.29, 1.82) is 0 Å². The van der Waals surface area contributed by atoms with Crippen molar-refractivity contribution in [3.8, 4) is 0 Å². The third kappa shape index (κ3) is 2.55. The molecule has 1 fully saturated rings. The topological polar surface area (TPSA) is 55.0 Å². The van der Waals surface area contributed by atoms with Crippen molar-refractivity contribution >= 4 is 23.4 Å². The first kappa shape index (κ1) is 11.5. The maximum absolute atomic E-state index is 6.10. The van der Waals surface area contributed by atoms with Crippen molar-refractivity contribution in [2.75, 3.05) is 23.7 Å². The van der Waals surface area contributed by atoms with E-state index in [-0.39, 0.29) is 5.95 Å². The summed E-state index contributed by atoms with van der Waals surface area (Å²) in [6.07, 6.45) is 5.21. The molecular weight excluding hydrogens is 224 g/mol. The van der Waals surface area contributed by atoms with Crippen LogP contribution in [0.4, 0.5) is 11.8 Å². The van der Waals surface area contributed by atoms with Crippen LogP contribution in [0, 0.1) is 5.92 Å². The molecule has 2 rings (SSSR count). The Bertz CT molecular complexity index is 369. The fraction of sp³-hybridized carbons (Fsp3) is 0.636. The highest BCUT2D eigenvalue weighted by Crippen LogP contribution is 2.26. The van der Waals surface area contributed by atoms with Crippen LogP contribution in [0.2, 0.25) is 5.02 Å². The monoisotopic (exact) mass is 240 g/mol. The lowest BCUT2D eigenvalue weighted by atomic mass is 10.0. The third-order valence-electron chi connectivity index (χ3n) is 3.06. The summed E-state index contributed by atoms with van der Waals surface area (Å²) >= 11 is 6.10. The molecule has 1 aliphatic rings. The zero-order valence-corrected chi connectivity index (χ0v) is 10.2. The van der Waals surface area contributed by atoms with Crippen LogP contribution >= 0.6 is 11.6 Å². The van der Waals surface area contributed by atoms with E-state index in [0.717, 1.165) is 24.8 Å². The summed E-state index contributed by atoms with van der Waals surface area (Å²) in [5.41, 5.74) is 5.59. The van der Waals surface area contributed by atoms with Gasteiger partial charge in [0.2, 0.25) is 5.95 Å². The number of aromatic nitrogens is 2. The fourth-order valence-corrected chi connectivity index (χ4v) is 2.28. The average Bonchev–Trinajstić information content (AvgIpc) is 2.47. The van der Waals surface area contributed by atoms with E-state index in [1.807, 2.05) is 0 Å². The number of nitrogen functional groups attached to an aromatic ring is 1. The van der Waals surface area contributed by atoms with E-state index in [0.29, 0.717) is 5.02 Å². The highest BCUT2D eigenvalue weighted by Gasteiger charge is 2.17. The lowest BCUT2D eigenvalue weighted by Crippen LogP contribution is -2.26. The first-order chi connectivity index (χ1) is 7.66. The minimum absolute atomic E-state index is 0.289. The van der Waals surface area contributed by atoms with E-state index in [1.165, 1.54) is 19.3 Å². The second-order valence-corrected chi connectivity index (χ2v) is 4.83. The Kier molecular flexibility index (Phi) is 3.49. The molecule has 5 heteroatoms. The van der Waals surface area contributed by atoms with Crippen molar-refractivity contribution in [1.82, 2.24) is 9.97 Å². The number of rotatable bonds is 1. The van der Waals surface area contributed by atoms with Crippen LogP contribution in [0.1, 0.15) is 26.2 Å². The highest BCUT2D eigenvalue weighted by molar-refractivity contribution is 6.32. The van der Waals surface area contributed by atoms with Gasteiger partial charge in [-0.3, -0.25) is 0 Å². The van der Waals surface area contributed by atoms with Crippen molar-refractivity contribution in [3.05, 3.63) is 11.2 Å². The quantitative estimate of drug-likeness (QED) is 0.819. The van der Waals surface area contributed by atoms with Crippen molar-refractivity contribution < 1.29 is 0 Å². The van der Waals surface area contributed by atoms with Gasteiger partial charge in [-0.05, 0) is 25.2 Å². The number of halogens is 1. The predicted octanol–water partition coefficient (Wildman–Crippen LogP) is 2.34. The molecule has 4 nitrogen and oxygen atoms in total. The molecule has 16 heavy (non-hydrogen) atoms. The van der Waals surface area contributed by atoms with Crippen LogP contribution in [0.5, 0.6) is 0 Å². The Balaban J connectivity index is 2.19. The molecule has 1 aromatic rings. The molecule has 2 N–H and O–H groups in total. The molecule has 1 aromatic heterocycles. The van der Waals surface area contributed by atoms with Gasteiger partial charge < -0.3 is 10.6 Å². The number of anilines is 2. The van der Waals surface area contributed by atoms with Crippen LogP contribution in [0.15, 0.2) is 6.20 Å². The second kappa shape index (κ2) is 4.87. The zero-order chi connectivity index (χ0) is 11.5. The molecule has 1 atom stereocenters. The normalized spacial score (nSPS) is 21.9. The number of nitrogens with zero attached hydrogens (tertiary/aromatic N) is 3. The van der Waals surface area contributed by atoms with E-state index in [4.69, 9.17) is 17.3 Å². The average molecular weight is 241 g/mol. The van der Waals surface area contributed by atoms with Crippen LogP contribution < -0.4 is 10.6 Å². The summed E-state index contributed by atoms with van der Waals surface area (Å²) in [5, 5.41) is 0.587. The molecule has 88 valence electrons. The summed E-state index contributed by atoms with van der Waals surface area (Å²) in [6, 6.07) is 0. The maximum Gasteiger partial charge on any atom is 0.222 e. The summed E-state index contributed by atoms with van der Waals surface area (Å²) in [4.78, 5) is 10.3. The first-order valence-electron chi connectivity index (χ1n) is 5.70. The van der Waals surface area contributed by atoms with E-state index in [1.54, 1.807) is 6.20 Å². The number of hydrogen-bond acceptors (Lipinski definition) is 4. The molecule has 2 heterocycles. The number of nitrogens with two attached hydrogens (primary N) is 1. The van der Waals surface area contributed by atoms with Gasteiger partial charge in [0.1, 0.15) is 5.02 Å². The van der Waals surface area contributed by atoms with Crippen LogP contribution in [-0.2, 0) is 0 Å². The Morgan fingerprint density at radius 3 is 3.06 bits per heavy atom. The van der Waals surface area contributed by atoms with Gasteiger partial charge in [0, 0.05) is 13.1 Å². The molecule has 1 saturated heterocycles. The molecule has 0 aromatic carbocycles. The van der Waals surface area contributed by atoms with Gasteiger partial charge in [-0.1, -0.05) is 18.5 Å². The standard InChI is InChI=1S/C11H17ClN4/c1-8-3-2-5-16(6-4-8)10-9(12)7-14-11(13)15-10/h7-8H,2-6H2,1H3,(H2,13,14,15). The molecule has 0 saturated carbocycles. The lowest BCUT2D eigenvalue weighted by molar-refractivity contribution is 0.521. The van der Waals surface area contributed by atoms with Crippen LogP contribution in [0.25, 0.3) is 0 Å². The second-order valence-electron chi connectivity index (χ2n) is 4.42. The Morgan fingerprint density at radius 2 is 2.25 bits per heavy atom. The van der Waals surface area contributed by atoms with Gasteiger partial charge in [-0.2, -0.15) is 4.98 Å². The van der Waals surface area contributed by atoms with Crippen molar-refractivity contribution in [2.45, 2.75) is 26.2 Å². The van der Waals surface area contributed by atoms with E-state index < -0.39 is 0 Å². The summed E-state index contributed by atoms with van der Waals surface area (Å²) < 4.78 is 0. The maximum atomic E-state index is 6.10. The molecule has 1 aliphatic heterocycles. The van der Waals surface area contributed by atoms with Gasteiger partial charge in [0.25, 0.3) is 0 Å². The minimum Gasteiger partial charge on any atom is -0.368 e. The van der Waals surface area contributed by atoms with Gasteiger partial charge in [0.05, 0.1) is 6.20 Å². The minimum atomic E-state index is 0.289. The summed E-state index contributed by atoms with van der Waals surface area (Å²) in [6.45, 7) is 4.29. The van der Waals surface area contributed by atoms with Crippen molar-refractivity contribution in [3.63, 3.8) is 0 Å². The Morgan fingerprint density at radius 1 is 1.44 bits per heavy atom. The van der Waals surface area contributed by atoms with Crippen LogP contribution in [-0.4, -0.2) is 23.1 Å². The molecular formula is C11H17ClN4. The Hall–Kier alpha value is -1.03. The van der Waals surface area contributed by atoms with E-state index >= 15 is 0 Å². The third-order valence-corrected chi connectivity index (χ3v) is 3.33. The zero-order valence-electron chi connectivity index (χ0n) is 9.49. The molecule has 0 radical (unpaired) electrons. The smallest absolute Gasteiger partial charge is 0.222 e. The fourth-order valence-electron chi connectivity index (χ4n) is 2.07. The van der Waals surface area contributed by atoms with E-state index in [9.17, 15) is 0 Å². The van der Waals surface area contributed by atoms with Gasteiger partial charge in [0.15, 0.2) is 5.82 Å². The molecule has 1 unspecified atom stereocenters.